The third-order valence-corrected chi connectivity index (χ3v) is 4.79. The number of esters is 1. The summed E-state index contributed by atoms with van der Waals surface area (Å²) in [6, 6.07) is 13.7. The summed E-state index contributed by atoms with van der Waals surface area (Å²) in [6.07, 6.45) is 0. The van der Waals surface area contributed by atoms with Gasteiger partial charge in [-0.1, -0.05) is 42.5 Å². The van der Waals surface area contributed by atoms with Crippen LogP contribution in [0.1, 0.15) is 23.1 Å². The van der Waals surface area contributed by atoms with Crippen molar-refractivity contribution in [1.82, 2.24) is 5.32 Å². The summed E-state index contributed by atoms with van der Waals surface area (Å²) in [7, 11) is 2.84. The number of rotatable bonds is 5. The average Bonchev–Trinajstić information content (AvgIpc) is 3.09. The summed E-state index contributed by atoms with van der Waals surface area (Å²) in [5.74, 6) is -0.485. The monoisotopic (exact) mass is 356 g/mol. The van der Waals surface area contributed by atoms with E-state index in [2.05, 4.69) is 5.32 Å². The molecule has 4 atom stereocenters. The maximum Gasteiger partial charge on any atom is 0.323 e. The summed E-state index contributed by atoms with van der Waals surface area (Å²) in [5.41, 5.74) is 1.45. The fourth-order valence-corrected chi connectivity index (χ4v) is 3.56. The smallest absolute Gasteiger partial charge is 0.323 e. The molecule has 1 fully saturated rings. The van der Waals surface area contributed by atoms with E-state index >= 15 is 0 Å². The van der Waals surface area contributed by atoms with Crippen molar-refractivity contribution in [3.05, 3.63) is 75.8 Å². The highest BCUT2D eigenvalue weighted by molar-refractivity contribution is 5.78. The largest absolute Gasteiger partial charge is 0.497 e. The van der Waals surface area contributed by atoms with Gasteiger partial charge in [-0.05, 0) is 23.3 Å². The van der Waals surface area contributed by atoms with Crippen molar-refractivity contribution in [2.45, 2.75) is 24.0 Å². The molecule has 0 unspecified atom stereocenters. The Bertz CT molecular complexity index is 778. The molecule has 2 aromatic carbocycles. The van der Waals surface area contributed by atoms with Crippen LogP contribution >= 0.6 is 0 Å². The van der Waals surface area contributed by atoms with Crippen molar-refractivity contribution in [3.63, 3.8) is 0 Å². The van der Waals surface area contributed by atoms with Gasteiger partial charge >= 0.3 is 5.97 Å². The van der Waals surface area contributed by atoms with Crippen LogP contribution in [-0.2, 0) is 9.53 Å². The SMILES string of the molecule is COC(=O)[C@H]1N[C@H](c2ccc(OC)cc2)[C@@H]([N+](=O)[O-])[C@@H]1c1ccccc1. The van der Waals surface area contributed by atoms with Crippen molar-refractivity contribution < 1.29 is 19.2 Å². The van der Waals surface area contributed by atoms with E-state index in [4.69, 9.17) is 9.47 Å². The number of nitrogens with zero attached hydrogens (tertiary/aromatic N) is 1. The van der Waals surface area contributed by atoms with Gasteiger partial charge in [0.25, 0.3) is 0 Å². The molecule has 1 N–H and O–H groups in total. The molecule has 1 aliphatic heterocycles. The van der Waals surface area contributed by atoms with Gasteiger partial charge in [-0.3, -0.25) is 20.2 Å². The van der Waals surface area contributed by atoms with Crippen LogP contribution in [0.4, 0.5) is 0 Å². The molecule has 0 aromatic heterocycles. The highest BCUT2D eigenvalue weighted by atomic mass is 16.6. The number of nitro groups is 1. The fourth-order valence-electron chi connectivity index (χ4n) is 3.56. The third kappa shape index (κ3) is 3.25. The van der Waals surface area contributed by atoms with Gasteiger partial charge in [0.15, 0.2) is 0 Å². The van der Waals surface area contributed by atoms with Gasteiger partial charge in [-0.15, -0.1) is 0 Å². The van der Waals surface area contributed by atoms with E-state index < -0.39 is 30.0 Å². The van der Waals surface area contributed by atoms with Gasteiger partial charge in [0.2, 0.25) is 6.04 Å². The standard InChI is InChI=1S/C19H20N2O5/c1-25-14-10-8-13(9-11-14)16-18(21(23)24)15(12-6-4-3-5-7-12)17(20-16)19(22)26-2/h3-11,15-18,20H,1-2H3/t15-,16-,17+,18+/m1/s1. The van der Waals surface area contributed by atoms with E-state index in [1.807, 2.05) is 6.07 Å². The molecule has 0 aliphatic carbocycles. The first kappa shape index (κ1) is 17.9. The summed E-state index contributed by atoms with van der Waals surface area (Å²) < 4.78 is 10.0. The molecular formula is C19H20N2O5. The molecule has 26 heavy (non-hydrogen) atoms. The number of hydrogen-bond acceptors (Lipinski definition) is 6. The van der Waals surface area contributed by atoms with Crippen molar-refractivity contribution in [3.8, 4) is 5.75 Å². The molecule has 0 radical (unpaired) electrons. The van der Waals surface area contributed by atoms with Gasteiger partial charge < -0.3 is 9.47 Å². The van der Waals surface area contributed by atoms with Crippen molar-refractivity contribution >= 4 is 5.97 Å². The van der Waals surface area contributed by atoms with Crippen LogP contribution in [0.2, 0.25) is 0 Å². The molecule has 1 saturated heterocycles. The zero-order valence-electron chi connectivity index (χ0n) is 14.5. The van der Waals surface area contributed by atoms with Crippen molar-refractivity contribution in [1.29, 1.82) is 0 Å². The number of nitrogens with one attached hydrogen (secondary N) is 1. The second-order valence-electron chi connectivity index (χ2n) is 6.13. The summed E-state index contributed by atoms with van der Waals surface area (Å²) in [6.45, 7) is 0. The van der Waals surface area contributed by atoms with E-state index in [0.29, 0.717) is 5.75 Å². The predicted molar refractivity (Wildman–Crippen MR) is 94.6 cm³/mol. The first-order chi connectivity index (χ1) is 12.6. The van der Waals surface area contributed by atoms with Crippen LogP contribution in [0, 0.1) is 10.1 Å². The molecule has 0 saturated carbocycles. The fraction of sp³-hybridized carbons (Fsp3) is 0.316. The minimum Gasteiger partial charge on any atom is -0.497 e. The molecule has 0 bridgehead atoms. The van der Waals surface area contributed by atoms with E-state index in [1.165, 1.54) is 7.11 Å². The Balaban J connectivity index is 2.04. The number of carbonyl (C=O) groups excluding carboxylic acids is 1. The zero-order chi connectivity index (χ0) is 18.7. The summed E-state index contributed by atoms with van der Waals surface area (Å²) >= 11 is 0. The molecule has 7 nitrogen and oxygen atoms in total. The van der Waals surface area contributed by atoms with Crippen LogP contribution in [-0.4, -0.2) is 37.2 Å². The van der Waals surface area contributed by atoms with Crippen molar-refractivity contribution in [2.75, 3.05) is 14.2 Å². The highest BCUT2D eigenvalue weighted by Gasteiger charge is 2.54. The first-order valence-electron chi connectivity index (χ1n) is 8.23. The molecule has 0 spiro atoms. The number of benzene rings is 2. The number of ether oxygens (including phenoxy) is 2. The highest BCUT2D eigenvalue weighted by Crippen LogP contribution is 2.40. The Morgan fingerprint density at radius 2 is 1.69 bits per heavy atom. The lowest BCUT2D eigenvalue weighted by molar-refractivity contribution is -0.527. The maximum atomic E-state index is 12.3. The lowest BCUT2D eigenvalue weighted by Crippen LogP contribution is -2.37. The average molecular weight is 356 g/mol. The van der Waals surface area contributed by atoms with E-state index in [9.17, 15) is 14.9 Å². The molecule has 0 amide bonds. The van der Waals surface area contributed by atoms with Gasteiger partial charge in [-0.25, -0.2) is 0 Å². The second-order valence-corrected chi connectivity index (χ2v) is 6.13. The minimum absolute atomic E-state index is 0.317. The van der Waals surface area contributed by atoms with Crippen LogP contribution in [0.25, 0.3) is 0 Å². The number of hydrogen-bond donors (Lipinski definition) is 1. The number of methoxy groups -OCH3 is 2. The van der Waals surface area contributed by atoms with Crippen LogP contribution in [0.5, 0.6) is 5.75 Å². The molecule has 136 valence electrons. The Morgan fingerprint density at radius 3 is 2.23 bits per heavy atom. The van der Waals surface area contributed by atoms with Gasteiger partial charge in [0.1, 0.15) is 17.8 Å². The van der Waals surface area contributed by atoms with Crippen molar-refractivity contribution in [2.24, 2.45) is 0 Å². The normalized spacial score (nSPS) is 24.8. The Labute approximate surface area is 151 Å². The summed E-state index contributed by atoms with van der Waals surface area (Å²) in [4.78, 5) is 23.9. The molecule has 7 heteroatoms. The lowest BCUT2D eigenvalue weighted by Gasteiger charge is -2.19. The lowest BCUT2D eigenvalue weighted by atomic mass is 9.85. The molecule has 2 aromatic rings. The van der Waals surface area contributed by atoms with E-state index in [-0.39, 0.29) is 4.92 Å². The molecular weight excluding hydrogens is 336 g/mol. The zero-order valence-corrected chi connectivity index (χ0v) is 14.5. The molecule has 1 heterocycles. The van der Waals surface area contributed by atoms with E-state index in [0.717, 1.165) is 11.1 Å². The van der Waals surface area contributed by atoms with Crippen LogP contribution in [0.15, 0.2) is 54.6 Å². The maximum absolute atomic E-state index is 12.3. The topological polar surface area (TPSA) is 90.7 Å². The summed E-state index contributed by atoms with van der Waals surface area (Å²) in [5, 5.41) is 15.1. The van der Waals surface area contributed by atoms with E-state index in [1.54, 1.807) is 55.6 Å². The van der Waals surface area contributed by atoms with Crippen LogP contribution in [0.3, 0.4) is 0 Å². The minimum atomic E-state index is -1.00. The Morgan fingerprint density at radius 1 is 1.04 bits per heavy atom. The quantitative estimate of drug-likeness (QED) is 0.502. The number of carbonyl (C=O) groups is 1. The molecule has 1 aliphatic rings. The van der Waals surface area contributed by atoms with Gasteiger partial charge in [0.05, 0.1) is 20.1 Å². The predicted octanol–water partition coefficient (Wildman–Crippen LogP) is 2.31. The van der Waals surface area contributed by atoms with Gasteiger partial charge in [0, 0.05) is 4.92 Å². The Hall–Kier alpha value is -2.93. The second kappa shape index (κ2) is 7.53. The molecule has 3 rings (SSSR count). The van der Waals surface area contributed by atoms with Crippen LogP contribution < -0.4 is 10.1 Å². The Kier molecular flexibility index (Phi) is 5.18. The van der Waals surface area contributed by atoms with Gasteiger partial charge in [-0.2, -0.15) is 0 Å². The third-order valence-electron chi connectivity index (χ3n) is 4.79. The first-order valence-corrected chi connectivity index (χ1v) is 8.23.